The van der Waals surface area contributed by atoms with Crippen molar-refractivity contribution < 1.29 is 9.90 Å². The van der Waals surface area contributed by atoms with Gasteiger partial charge in [0.15, 0.2) is 0 Å². The Balaban J connectivity index is 2.58. The second kappa shape index (κ2) is 6.98. The van der Waals surface area contributed by atoms with Crippen LogP contribution in [0.25, 0.3) is 0 Å². The molecule has 0 aliphatic heterocycles. The number of hydrogen-bond donors (Lipinski definition) is 1. The molecule has 0 aliphatic carbocycles. The Morgan fingerprint density at radius 2 is 2.11 bits per heavy atom. The van der Waals surface area contributed by atoms with Crippen molar-refractivity contribution in [2.45, 2.75) is 25.9 Å². The first-order chi connectivity index (χ1) is 8.40. The Labute approximate surface area is 117 Å². The van der Waals surface area contributed by atoms with Crippen LogP contribution < -0.4 is 0 Å². The van der Waals surface area contributed by atoms with Crippen molar-refractivity contribution in [2.24, 2.45) is 0 Å². The van der Waals surface area contributed by atoms with Crippen LogP contribution in [0.15, 0.2) is 18.2 Å². The first kappa shape index (κ1) is 15.3. The van der Waals surface area contributed by atoms with Crippen molar-refractivity contribution in [1.82, 2.24) is 4.90 Å². The molecule has 0 fully saturated rings. The summed E-state index contributed by atoms with van der Waals surface area (Å²) < 4.78 is 0. The van der Waals surface area contributed by atoms with Gasteiger partial charge in [-0.05, 0) is 31.0 Å². The predicted octanol–water partition coefficient (Wildman–Crippen LogP) is 2.77. The standard InChI is InChI=1S/C13H17Cl2NO2/c1-9(17)5-6-16(2)13(18)7-10-3-4-11(14)8-12(10)15/h3-4,8-9,17H,5-7H2,1-2H3. The fourth-order valence-corrected chi connectivity index (χ4v) is 1.94. The van der Waals surface area contributed by atoms with E-state index in [4.69, 9.17) is 23.2 Å². The van der Waals surface area contributed by atoms with Crippen LogP contribution in [-0.4, -0.2) is 35.6 Å². The molecule has 0 aliphatic rings. The first-order valence-corrected chi connectivity index (χ1v) is 6.51. The number of halogens is 2. The first-order valence-electron chi connectivity index (χ1n) is 5.76. The summed E-state index contributed by atoms with van der Waals surface area (Å²) in [6.45, 7) is 2.23. The van der Waals surface area contributed by atoms with E-state index < -0.39 is 6.10 Å². The minimum absolute atomic E-state index is 0.0279. The number of carbonyl (C=O) groups excluding carboxylic acids is 1. The second-order valence-electron chi connectivity index (χ2n) is 4.37. The van der Waals surface area contributed by atoms with Gasteiger partial charge in [0.2, 0.25) is 5.91 Å². The third kappa shape index (κ3) is 4.84. The van der Waals surface area contributed by atoms with E-state index in [1.165, 1.54) is 0 Å². The molecule has 0 spiro atoms. The van der Waals surface area contributed by atoms with Gasteiger partial charge in [-0.1, -0.05) is 29.3 Å². The molecule has 0 saturated carbocycles. The van der Waals surface area contributed by atoms with Crippen LogP contribution in [0.5, 0.6) is 0 Å². The lowest BCUT2D eigenvalue weighted by Crippen LogP contribution is -2.30. The molecule has 1 aromatic carbocycles. The molecule has 1 atom stereocenters. The number of benzene rings is 1. The Bertz CT molecular complexity index is 421. The average molecular weight is 290 g/mol. The van der Waals surface area contributed by atoms with Crippen molar-refractivity contribution in [1.29, 1.82) is 0 Å². The molecule has 5 heteroatoms. The Kier molecular flexibility index (Phi) is 5.93. The van der Waals surface area contributed by atoms with Gasteiger partial charge in [0.1, 0.15) is 0 Å². The summed E-state index contributed by atoms with van der Waals surface area (Å²) in [6, 6.07) is 5.10. The number of hydrogen-bond acceptors (Lipinski definition) is 2. The molecular formula is C13H17Cl2NO2. The number of carbonyl (C=O) groups is 1. The number of amides is 1. The van der Waals surface area contributed by atoms with Gasteiger partial charge in [0, 0.05) is 23.6 Å². The molecule has 1 aromatic rings. The molecule has 0 heterocycles. The normalized spacial score (nSPS) is 12.3. The summed E-state index contributed by atoms with van der Waals surface area (Å²) in [5.41, 5.74) is 0.759. The van der Waals surface area contributed by atoms with Crippen molar-refractivity contribution in [2.75, 3.05) is 13.6 Å². The number of aliphatic hydroxyl groups excluding tert-OH is 1. The third-order valence-corrected chi connectivity index (χ3v) is 3.25. The van der Waals surface area contributed by atoms with Gasteiger partial charge in [-0.2, -0.15) is 0 Å². The third-order valence-electron chi connectivity index (χ3n) is 2.66. The van der Waals surface area contributed by atoms with E-state index >= 15 is 0 Å². The van der Waals surface area contributed by atoms with E-state index in [-0.39, 0.29) is 12.3 Å². The summed E-state index contributed by atoms with van der Waals surface area (Å²) in [4.78, 5) is 13.5. The van der Waals surface area contributed by atoms with Gasteiger partial charge < -0.3 is 10.0 Å². The van der Waals surface area contributed by atoms with Gasteiger partial charge >= 0.3 is 0 Å². The minimum atomic E-state index is -0.403. The number of nitrogens with zero attached hydrogens (tertiary/aromatic N) is 1. The summed E-state index contributed by atoms with van der Waals surface area (Å²) in [6.07, 6.45) is 0.405. The van der Waals surface area contributed by atoms with E-state index in [9.17, 15) is 9.90 Å². The second-order valence-corrected chi connectivity index (χ2v) is 5.21. The lowest BCUT2D eigenvalue weighted by atomic mass is 10.1. The lowest BCUT2D eigenvalue weighted by Gasteiger charge is -2.18. The van der Waals surface area contributed by atoms with E-state index in [1.54, 1.807) is 37.1 Å². The largest absolute Gasteiger partial charge is 0.393 e. The average Bonchev–Trinajstić information content (AvgIpc) is 2.29. The van der Waals surface area contributed by atoms with E-state index in [0.717, 1.165) is 5.56 Å². The zero-order valence-corrected chi connectivity index (χ0v) is 12.0. The maximum Gasteiger partial charge on any atom is 0.226 e. The molecule has 1 rings (SSSR count). The smallest absolute Gasteiger partial charge is 0.226 e. The highest BCUT2D eigenvalue weighted by atomic mass is 35.5. The molecule has 100 valence electrons. The molecule has 0 bridgehead atoms. The number of aliphatic hydroxyl groups is 1. The van der Waals surface area contributed by atoms with Crippen LogP contribution >= 0.6 is 23.2 Å². The van der Waals surface area contributed by atoms with Crippen LogP contribution in [-0.2, 0) is 11.2 Å². The summed E-state index contributed by atoms with van der Waals surface area (Å²) in [5, 5.41) is 10.2. The van der Waals surface area contributed by atoms with Crippen LogP contribution in [0.2, 0.25) is 10.0 Å². The van der Waals surface area contributed by atoms with Crippen molar-refractivity contribution >= 4 is 29.1 Å². The Hall–Kier alpha value is -0.770. The molecule has 1 amide bonds. The minimum Gasteiger partial charge on any atom is -0.393 e. The molecule has 18 heavy (non-hydrogen) atoms. The fourth-order valence-electron chi connectivity index (χ4n) is 1.47. The highest BCUT2D eigenvalue weighted by molar-refractivity contribution is 6.35. The molecule has 0 aromatic heterocycles. The maximum atomic E-state index is 11.9. The van der Waals surface area contributed by atoms with Crippen molar-refractivity contribution in [3.05, 3.63) is 33.8 Å². The Morgan fingerprint density at radius 3 is 2.67 bits per heavy atom. The van der Waals surface area contributed by atoms with Crippen molar-refractivity contribution in [3.63, 3.8) is 0 Å². The number of rotatable bonds is 5. The molecule has 1 unspecified atom stereocenters. The predicted molar refractivity (Wildman–Crippen MR) is 74.1 cm³/mol. The summed E-state index contributed by atoms with van der Waals surface area (Å²) in [5.74, 6) is -0.0279. The quantitative estimate of drug-likeness (QED) is 0.906. The molecule has 1 N–H and O–H groups in total. The van der Waals surface area contributed by atoms with E-state index in [0.29, 0.717) is 23.0 Å². The van der Waals surface area contributed by atoms with Crippen LogP contribution in [0.4, 0.5) is 0 Å². The van der Waals surface area contributed by atoms with E-state index in [2.05, 4.69) is 0 Å². The zero-order chi connectivity index (χ0) is 13.7. The zero-order valence-electron chi connectivity index (χ0n) is 10.5. The van der Waals surface area contributed by atoms with Gasteiger partial charge in [-0.25, -0.2) is 0 Å². The summed E-state index contributed by atoms with van der Waals surface area (Å²) in [7, 11) is 1.72. The van der Waals surface area contributed by atoms with Gasteiger partial charge in [-0.15, -0.1) is 0 Å². The highest BCUT2D eigenvalue weighted by Gasteiger charge is 2.12. The van der Waals surface area contributed by atoms with Crippen LogP contribution in [0.1, 0.15) is 18.9 Å². The van der Waals surface area contributed by atoms with Gasteiger partial charge in [-0.3, -0.25) is 4.79 Å². The summed E-state index contributed by atoms with van der Waals surface area (Å²) >= 11 is 11.8. The highest BCUT2D eigenvalue weighted by Crippen LogP contribution is 2.21. The fraction of sp³-hybridized carbons (Fsp3) is 0.462. The van der Waals surface area contributed by atoms with E-state index in [1.807, 2.05) is 0 Å². The number of likely N-dealkylation sites (N-methyl/N-ethyl adjacent to an activating group) is 1. The van der Waals surface area contributed by atoms with Crippen LogP contribution in [0.3, 0.4) is 0 Å². The van der Waals surface area contributed by atoms with Crippen molar-refractivity contribution in [3.8, 4) is 0 Å². The lowest BCUT2D eigenvalue weighted by molar-refractivity contribution is -0.129. The topological polar surface area (TPSA) is 40.5 Å². The van der Waals surface area contributed by atoms with Gasteiger partial charge in [0.05, 0.1) is 12.5 Å². The van der Waals surface area contributed by atoms with Crippen LogP contribution in [0, 0.1) is 0 Å². The SMILES string of the molecule is CC(O)CCN(C)C(=O)Cc1ccc(Cl)cc1Cl. The Morgan fingerprint density at radius 1 is 1.44 bits per heavy atom. The van der Waals surface area contributed by atoms with Gasteiger partial charge in [0.25, 0.3) is 0 Å². The molecular weight excluding hydrogens is 273 g/mol. The monoisotopic (exact) mass is 289 g/mol. The maximum absolute atomic E-state index is 11.9. The molecule has 0 saturated heterocycles. The molecule has 3 nitrogen and oxygen atoms in total. The molecule has 0 radical (unpaired) electrons.